The highest BCUT2D eigenvalue weighted by Crippen LogP contribution is 2.15. The molecule has 0 heterocycles. The van der Waals surface area contributed by atoms with Crippen LogP contribution in [-0.2, 0) is 4.74 Å². The third kappa shape index (κ3) is 10.4. The summed E-state index contributed by atoms with van der Waals surface area (Å²) < 4.78 is 6.17. The number of rotatable bonds is 12. The third-order valence-corrected chi connectivity index (χ3v) is 3.73. The van der Waals surface area contributed by atoms with Crippen molar-refractivity contribution in [3.8, 4) is 0 Å². The second-order valence-corrected chi connectivity index (χ2v) is 6.58. The molecule has 0 aromatic heterocycles. The van der Waals surface area contributed by atoms with E-state index in [2.05, 4.69) is 46.9 Å². The topological polar surface area (TPSA) is 21.3 Å². The molecule has 0 fully saturated rings. The number of unbranched alkanes of at least 4 members (excludes halogenated alkanes) is 1. The molecule has 0 saturated heterocycles. The minimum Gasteiger partial charge on any atom is -0.376 e. The predicted octanol–water partition coefficient (Wildman–Crippen LogP) is 4.49. The molecular weight excluding hydrogens is 234 g/mol. The molecule has 1 N–H and O–H groups in total. The molecule has 0 bridgehead atoms. The summed E-state index contributed by atoms with van der Waals surface area (Å²) in [6, 6.07) is 0. The van der Waals surface area contributed by atoms with Gasteiger partial charge in [0, 0.05) is 13.2 Å². The van der Waals surface area contributed by atoms with Crippen LogP contribution in [0.25, 0.3) is 0 Å². The maximum atomic E-state index is 6.17. The van der Waals surface area contributed by atoms with Crippen LogP contribution in [0, 0.1) is 17.8 Å². The SMILES string of the molecule is CCCCC(CC)COC(CNCC(C)C)C(C)C. The standard InChI is InChI=1S/C17H37NO/c1-7-9-10-16(8-2)13-19-17(15(5)6)12-18-11-14(3)4/h14-18H,7-13H2,1-6H3. The second kappa shape index (κ2) is 11.7. The fraction of sp³-hybridized carbons (Fsp3) is 1.00. The minimum atomic E-state index is 0.356. The summed E-state index contributed by atoms with van der Waals surface area (Å²) in [5.41, 5.74) is 0. The van der Waals surface area contributed by atoms with Gasteiger partial charge in [0.05, 0.1) is 6.10 Å². The van der Waals surface area contributed by atoms with Crippen molar-refractivity contribution in [2.75, 3.05) is 19.7 Å². The molecule has 0 aliphatic heterocycles. The van der Waals surface area contributed by atoms with E-state index in [1.54, 1.807) is 0 Å². The van der Waals surface area contributed by atoms with E-state index in [9.17, 15) is 0 Å². The van der Waals surface area contributed by atoms with Gasteiger partial charge in [0.15, 0.2) is 0 Å². The molecule has 0 amide bonds. The number of hydrogen-bond donors (Lipinski definition) is 1. The summed E-state index contributed by atoms with van der Waals surface area (Å²) in [5.74, 6) is 2.04. The molecule has 0 saturated carbocycles. The Labute approximate surface area is 121 Å². The molecule has 2 atom stereocenters. The Morgan fingerprint density at radius 1 is 1.00 bits per heavy atom. The highest BCUT2D eigenvalue weighted by Gasteiger charge is 2.16. The van der Waals surface area contributed by atoms with Crippen molar-refractivity contribution in [2.24, 2.45) is 17.8 Å². The lowest BCUT2D eigenvalue weighted by Gasteiger charge is -2.25. The lowest BCUT2D eigenvalue weighted by atomic mass is 10.00. The van der Waals surface area contributed by atoms with Crippen molar-refractivity contribution in [3.05, 3.63) is 0 Å². The van der Waals surface area contributed by atoms with E-state index in [4.69, 9.17) is 4.74 Å². The van der Waals surface area contributed by atoms with E-state index in [0.717, 1.165) is 25.6 Å². The summed E-state index contributed by atoms with van der Waals surface area (Å²) in [4.78, 5) is 0. The summed E-state index contributed by atoms with van der Waals surface area (Å²) in [7, 11) is 0. The highest BCUT2D eigenvalue weighted by molar-refractivity contribution is 4.68. The fourth-order valence-corrected chi connectivity index (χ4v) is 2.16. The first-order valence-electron chi connectivity index (χ1n) is 8.33. The summed E-state index contributed by atoms with van der Waals surface area (Å²) >= 11 is 0. The van der Waals surface area contributed by atoms with Gasteiger partial charge in [0.1, 0.15) is 0 Å². The van der Waals surface area contributed by atoms with Gasteiger partial charge in [-0.25, -0.2) is 0 Å². The van der Waals surface area contributed by atoms with Crippen LogP contribution < -0.4 is 5.32 Å². The molecule has 0 aromatic rings. The molecule has 0 rings (SSSR count). The van der Waals surface area contributed by atoms with Gasteiger partial charge in [-0.2, -0.15) is 0 Å². The Morgan fingerprint density at radius 3 is 2.16 bits per heavy atom. The summed E-state index contributed by atoms with van der Waals surface area (Å²) in [6.45, 7) is 16.6. The third-order valence-electron chi connectivity index (χ3n) is 3.73. The predicted molar refractivity (Wildman–Crippen MR) is 85.6 cm³/mol. The Balaban J connectivity index is 3.97. The Bertz CT molecular complexity index is 192. The molecule has 116 valence electrons. The molecule has 2 nitrogen and oxygen atoms in total. The van der Waals surface area contributed by atoms with E-state index in [0.29, 0.717) is 17.9 Å². The molecular formula is C17H37NO. The molecule has 0 spiro atoms. The lowest BCUT2D eigenvalue weighted by molar-refractivity contribution is 0.0000216. The Kier molecular flexibility index (Phi) is 11.7. The first-order chi connectivity index (χ1) is 9.01. The van der Waals surface area contributed by atoms with E-state index in [-0.39, 0.29) is 0 Å². The van der Waals surface area contributed by atoms with Crippen molar-refractivity contribution in [1.29, 1.82) is 0 Å². The van der Waals surface area contributed by atoms with Crippen molar-refractivity contribution in [2.45, 2.75) is 73.3 Å². The molecule has 0 aromatic carbocycles. The monoisotopic (exact) mass is 271 g/mol. The quantitative estimate of drug-likeness (QED) is 0.564. The first kappa shape index (κ1) is 18.9. The van der Waals surface area contributed by atoms with Gasteiger partial charge in [-0.1, -0.05) is 60.8 Å². The molecule has 0 aliphatic carbocycles. The molecule has 2 heteroatoms. The van der Waals surface area contributed by atoms with Crippen LogP contribution in [0.3, 0.4) is 0 Å². The van der Waals surface area contributed by atoms with E-state index in [1.165, 1.54) is 25.7 Å². The first-order valence-corrected chi connectivity index (χ1v) is 8.33. The minimum absolute atomic E-state index is 0.356. The van der Waals surface area contributed by atoms with Crippen LogP contribution in [0.15, 0.2) is 0 Å². The fourth-order valence-electron chi connectivity index (χ4n) is 2.16. The van der Waals surface area contributed by atoms with Crippen molar-refractivity contribution < 1.29 is 4.74 Å². The molecule has 19 heavy (non-hydrogen) atoms. The largest absolute Gasteiger partial charge is 0.376 e. The normalized spacial score (nSPS) is 15.2. The van der Waals surface area contributed by atoms with Crippen LogP contribution in [0.4, 0.5) is 0 Å². The highest BCUT2D eigenvalue weighted by atomic mass is 16.5. The smallest absolute Gasteiger partial charge is 0.0722 e. The van der Waals surface area contributed by atoms with Crippen molar-refractivity contribution in [3.63, 3.8) is 0 Å². The van der Waals surface area contributed by atoms with Crippen LogP contribution in [-0.4, -0.2) is 25.8 Å². The second-order valence-electron chi connectivity index (χ2n) is 6.58. The average Bonchev–Trinajstić information content (AvgIpc) is 2.35. The van der Waals surface area contributed by atoms with Gasteiger partial charge >= 0.3 is 0 Å². The van der Waals surface area contributed by atoms with Gasteiger partial charge in [-0.15, -0.1) is 0 Å². The van der Waals surface area contributed by atoms with E-state index < -0.39 is 0 Å². The van der Waals surface area contributed by atoms with Crippen molar-refractivity contribution >= 4 is 0 Å². The van der Waals surface area contributed by atoms with Gasteiger partial charge in [-0.3, -0.25) is 0 Å². The van der Waals surface area contributed by atoms with Gasteiger partial charge < -0.3 is 10.1 Å². The zero-order valence-electron chi connectivity index (χ0n) is 14.2. The maximum Gasteiger partial charge on any atom is 0.0722 e. The van der Waals surface area contributed by atoms with Crippen LogP contribution in [0.1, 0.15) is 67.2 Å². The maximum absolute atomic E-state index is 6.17. The molecule has 2 unspecified atom stereocenters. The lowest BCUT2D eigenvalue weighted by Crippen LogP contribution is -2.36. The zero-order chi connectivity index (χ0) is 14.7. The van der Waals surface area contributed by atoms with Gasteiger partial charge in [-0.05, 0) is 30.7 Å². The van der Waals surface area contributed by atoms with Gasteiger partial charge in [0.2, 0.25) is 0 Å². The summed E-state index contributed by atoms with van der Waals surface area (Å²) in [6.07, 6.45) is 5.54. The number of ether oxygens (including phenoxy) is 1. The summed E-state index contributed by atoms with van der Waals surface area (Å²) in [5, 5.41) is 3.53. The van der Waals surface area contributed by atoms with Crippen LogP contribution in [0.5, 0.6) is 0 Å². The Hall–Kier alpha value is -0.0800. The van der Waals surface area contributed by atoms with Crippen molar-refractivity contribution in [1.82, 2.24) is 5.32 Å². The molecule has 0 radical (unpaired) electrons. The zero-order valence-corrected chi connectivity index (χ0v) is 14.2. The van der Waals surface area contributed by atoms with E-state index in [1.807, 2.05) is 0 Å². The van der Waals surface area contributed by atoms with Crippen LogP contribution >= 0.6 is 0 Å². The number of hydrogen-bond acceptors (Lipinski definition) is 2. The van der Waals surface area contributed by atoms with E-state index >= 15 is 0 Å². The number of nitrogens with one attached hydrogen (secondary N) is 1. The average molecular weight is 271 g/mol. The molecule has 0 aliphatic rings. The van der Waals surface area contributed by atoms with Gasteiger partial charge in [0.25, 0.3) is 0 Å². The Morgan fingerprint density at radius 2 is 1.68 bits per heavy atom. The van der Waals surface area contributed by atoms with Crippen LogP contribution in [0.2, 0.25) is 0 Å².